The van der Waals surface area contributed by atoms with Gasteiger partial charge in [0.2, 0.25) is 0 Å². The van der Waals surface area contributed by atoms with Crippen LogP contribution >= 0.6 is 15.9 Å². The molecule has 0 radical (unpaired) electrons. The van der Waals surface area contributed by atoms with Crippen molar-refractivity contribution in [2.75, 3.05) is 6.54 Å². The summed E-state index contributed by atoms with van der Waals surface area (Å²) in [6.07, 6.45) is 0.564. The van der Waals surface area contributed by atoms with Gasteiger partial charge in [-0.3, -0.25) is 9.59 Å². The number of rotatable bonds is 6. The molecule has 1 rings (SSSR count). The maximum Gasteiger partial charge on any atom is 0.303 e. The first kappa shape index (κ1) is 15.6. The van der Waals surface area contributed by atoms with Gasteiger partial charge >= 0.3 is 5.97 Å². The predicted octanol–water partition coefficient (Wildman–Crippen LogP) is 2.82. The van der Waals surface area contributed by atoms with Gasteiger partial charge in [-0.15, -0.1) is 0 Å². The average Bonchev–Trinajstić information content (AvgIpc) is 2.36. The van der Waals surface area contributed by atoms with Crippen LogP contribution in [0.2, 0.25) is 0 Å². The molecule has 0 aliphatic heterocycles. The first-order valence-corrected chi connectivity index (χ1v) is 6.64. The van der Waals surface area contributed by atoms with Crippen LogP contribution in [-0.4, -0.2) is 23.5 Å². The third kappa shape index (κ3) is 5.38. The lowest BCUT2D eigenvalue weighted by Gasteiger charge is -2.11. The van der Waals surface area contributed by atoms with Crippen LogP contribution in [-0.2, 0) is 4.79 Å². The molecule has 1 aromatic carbocycles. The summed E-state index contributed by atoms with van der Waals surface area (Å²) in [6.45, 7) is 2.22. The van der Waals surface area contributed by atoms with Gasteiger partial charge in [-0.25, -0.2) is 4.39 Å². The zero-order valence-electron chi connectivity index (χ0n) is 10.5. The molecular formula is C13H15BrFNO3. The normalized spacial score (nSPS) is 11.9. The molecular weight excluding hydrogens is 317 g/mol. The van der Waals surface area contributed by atoms with Crippen molar-refractivity contribution in [3.63, 3.8) is 0 Å². The zero-order valence-corrected chi connectivity index (χ0v) is 12.0. The molecule has 2 N–H and O–H groups in total. The predicted molar refractivity (Wildman–Crippen MR) is 72.5 cm³/mol. The minimum atomic E-state index is -0.854. The summed E-state index contributed by atoms with van der Waals surface area (Å²) in [5, 5.41) is 11.2. The first-order valence-electron chi connectivity index (χ1n) is 5.85. The van der Waals surface area contributed by atoms with Gasteiger partial charge in [-0.05, 0) is 46.5 Å². The van der Waals surface area contributed by atoms with Crippen molar-refractivity contribution >= 4 is 27.8 Å². The highest BCUT2D eigenvalue weighted by Gasteiger charge is 2.11. The molecule has 1 aromatic rings. The van der Waals surface area contributed by atoms with E-state index in [1.807, 2.05) is 6.92 Å². The lowest BCUT2D eigenvalue weighted by molar-refractivity contribution is -0.137. The van der Waals surface area contributed by atoms with Gasteiger partial charge in [0.1, 0.15) is 5.82 Å². The molecule has 0 fully saturated rings. The molecule has 0 aliphatic rings. The fraction of sp³-hybridized carbons (Fsp3) is 0.385. The molecule has 1 amide bonds. The van der Waals surface area contributed by atoms with Crippen molar-refractivity contribution in [2.24, 2.45) is 5.92 Å². The van der Waals surface area contributed by atoms with Crippen LogP contribution in [0.3, 0.4) is 0 Å². The number of aliphatic carboxylic acids is 1. The number of carboxylic acid groups (broad SMARTS) is 1. The third-order valence-electron chi connectivity index (χ3n) is 2.64. The van der Waals surface area contributed by atoms with E-state index in [1.54, 1.807) is 0 Å². The van der Waals surface area contributed by atoms with E-state index >= 15 is 0 Å². The molecule has 6 heteroatoms. The second-order valence-electron chi connectivity index (χ2n) is 4.38. The molecule has 1 atom stereocenters. The number of halogens is 2. The molecule has 0 bridgehead atoms. The Bertz CT molecular complexity index is 479. The monoisotopic (exact) mass is 331 g/mol. The number of benzene rings is 1. The van der Waals surface area contributed by atoms with Gasteiger partial charge in [-0.1, -0.05) is 6.92 Å². The molecule has 4 nitrogen and oxygen atoms in total. The highest BCUT2D eigenvalue weighted by atomic mass is 79.9. The standard InChI is InChI=1S/C13H15BrFNO3/c1-8(2-5-12(17)18)7-16-13(19)9-3-4-10(14)11(15)6-9/h3-4,6,8H,2,5,7H2,1H3,(H,16,19)(H,17,18). The van der Waals surface area contributed by atoms with Crippen LogP contribution in [0, 0.1) is 11.7 Å². The summed E-state index contributed by atoms with van der Waals surface area (Å²) in [5.74, 6) is -1.66. The molecule has 0 saturated heterocycles. The Kier molecular flexibility index (Phi) is 5.95. The van der Waals surface area contributed by atoms with E-state index in [9.17, 15) is 14.0 Å². The largest absolute Gasteiger partial charge is 0.481 e. The SMILES string of the molecule is CC(CCC(=O)O)CNC(=O)c1ccc(Br)c(F)c1. The van der Waals surface area contributed by atoms with Gasteiger partial charge in [-0.2, -0.15) is 0 Å². The van der Waals surface area contributed by atoms with Crippen LogP contribution in [0.4, 0.5) is 4.39 Å². The quantitative estimate of drug-likeness (QED) is 0.842. The Morgan fingerprint density at radius 2 is 2.16 bits per heavy atom. The minimum absolute atomic E-state index is 0.0559. The van der Waals surface area contributed by atoms with Gasteiger partial charge in [0.25, 0.3) is 5.91 Å². The van der Waals surface area contributed by atoms with Gasteiger partial charge in [0.15, 0.2) is 0 Å². The lowest BCUT2D eigenvalue weighted by Crippen LogP contribution is -2.28. The Morgan fingerprint density at radius 1 is 1.47 bits per heavy atom. The second-order valence-corrected chi connectivity index (χ2v) is 5.23. The summed E-state index contributed by atoms with van der Waals surface area (Å²) >= 11 is 3.01. The van der Waals surface area contributed by atoms with Crippen LogP contribution in [0.25, 0.3) is 0 Å². The van der Waals surface area contributed by atoms with Crippen molar-refractivity contribution in [1.29, 1.82) is 0 Å². The highest BCUT2D eigenvalue weighted by Crippen LogP contribution is 2.16. The maximum absolute atomic E-state index is 13.3. The molecule has 0 saturated carbocycles. The van der Waals surface area contributed by atoms with Crippen LogP contribution in [0.1, 0.15) is 30.1 Å². The number of amides is 1. The van der Waals surface area contributed by atoms with Crippen molar-refractivity contribution in [3.05, 3.63) is 34.1 Å². The number of nitrogens with one attached hydrogen (secondary N) is 1. The first-order chi connectivity index (χ1) is 8.90. The summed E-state index contributed by atoms with van der Waals surface area (Å²) in [4.78, 5) is 22.1. The molecule has 1 unspecified atom stereocenters. The molecule has 104 valence electrons. The number of hydrogen-bond donors (Lipinski definition) is 2. The Labute approximate surface area is 119 Å². The van der Waals surface area contributed by atoms with Crippen LogP contribution in [0.15, 0.2) is 22.7 Å². The minimum Gasteiger partial charge on any atom is -0.481 e. The van der Waals surface area contributed by atoms with Crippen molar-refractivity contribution in [2.45, 2.75) is 19.8 Å². The number of hydrogen-bond acceptors (Lipinski definition) is 2. The van der Waals surface area contributed by atoms with E-state index in [0.29, 0.717) is 17.4 Å². The summed E-state index contributed by atoms with van der Waals surface area (Å²) < 4.78 is 13.6. The highest BCUT2D eigenvalue weighted by molar-refractivity contribution is 9.10. The second kappa shape index (κ2) is 7.23. The maximum atomic E-state index is 13.3. The molecule has 19 heavy (non-hydrogen) atoms. The van der Waals surface area contributed by atoms with E-state index in [-0.39, 0.29) is 23.8 Å². The van der Waals surface area contributed by atoms with Gasteiger partial charge in [0, 0.05) is 18.5 Å². The van der Waals surface area contributed by atoms with Crippen molar-refractivity contribution < 1.29 is 19.1 Å². The van der Waals surface area contributed by atoms with Gasteiger partial charge in [0.05, 0.1) is 4.47 Å². The van der Waals surface area contributed by atoms with Crippen molar-refractivity contribution in [1.82, 2.24) is 5.32 Å². The smallest absolute Gasteiger partial charge is 0.303 e. The molecule has 0 aromatic heterocycles. The Balaban J connectivity index is 2.46. The summed E-state index contributed by atoms with van der Waals surface area (Å²) in [7, 11) is 0. The van der Waals surface area contributed by atoms with Crippen molar-refractivity contribution in [3.8, 4) is 0 Å². The number of carboxylic acids is 1. The average molecular weight is 332 g/mol. The van der Waals surface area contributed by atoms with Gasteiger partial charge < -0.3 is 10.4 Å². The Hall–Kier alpha value is -1.43. The van der Waals surface area contributed by atoms with E-state index < -0.39 is 11.8 Å². The molecule has 0 heterocycles. The molecule has 0 aliphatic carbocycles. The fourth-order valence-corrected chi connectivity index (χ4v) is 1.72. The summed E-state index contributed by atoms with van der Waals surface area (Å²) in [5.41, 5.74) is 0.242. The Morgan fingerprint density at radius 3 is 2.74 bits per heavy atom. The lowest BCUT2D eigenvalue weighted by atomic mass is 10.1. The van der Waals surface area contributed by atoms with E-state index in [1.165, 1.54) is 12.1 Å². The van der Waals surface area contributed by atoms with Crippen LogP contribution < -0.4 is 5.32 Å². The topological polar surface area (TPSA) is 66.4 Å². The number of carbonyl (C=O) groups is 2. The molecule has 0 spiro atoms. The van der Waals surface area contributed by atoms with E-state index in [0.717, 1.165) is 6.07 Å². The zero-order chi connectivity index (χ0) is 14.4. The fourth-order valence-electron chi connectivity index (χ4n) is 1.48. The summed E-state index contributed by atoms with van der Waals surface area (Å²) in [6, 6.07) is 4.14. The van der Waals surface area contributed by atoms with Crippen LogP contribution in [0.5, 0.6) is 0 Å². The number of carbonyl (C=O) groups excluding carboxylic acids is 1. The van der Waals surface area contributed by atoms with E-state index in [2.05, 4.69) is 21.2 Å². The van der Waals surface area contributed by atoms with E-state index in [4.69, 9.17) is 5.11 Å². The third-order valence-corrected chi connectivity index (χ3v) is 3.29.